The standard InChI is InChI=1S/C19H26N4O2/c1-5-25-18-12-16(10-11-21-18)13-22-19(20-2)23(3)14-15-6-8-17(24-4)9-7-15/h6-12H,5,13-14H2,1-4H3,(H,20,22). The maximum absolute atomic E-state index is 5.44. The Bertz CT molecular complexity index is 686. The Morgan fingerprint density at radius 2 is 1.96 bits per heavy atom. The zero-order valence-electron chi connectivity index (χ0n) is 15.3. The fourth-order valence-corrected chi connectivity index (χ4v) is 2.43. The number of rotatable bonds is 7. The van der Waals surface area contributed by atoms with Gasteiger partial charge in [-0.3, -0.25) is 4.99 Å². The topological polar surface area (TPSA) is 59.0 Å². The van der Waals surface area contributed by atoms with Gasteiger partial charge in [0, 0.05) is 39.4 Å². The summed E-state index contributed by atoms with van der Waals surface area (Å²) in [5.41, 5.74) is 2.28. The lowest BCUT2D eigenvalue weighted by Gasteiger charge is -2.22. The molecule has 2 rings (SSSR count). The molecule has 0 atom stereocenters. The van der Waals surface area contributed by atoms with E-state index in [4.69, 9.17) is 9.47 Å². The second kappa shape index (κ2) is 9.52. The van der Waals surface area contributed by atoms with Crippen molar-refractivity contribution in [2.75, 3.05) is 27.8 Å². The summed E-state index contributed by atoms with van der Waals surface area (Å²) in [5.74, 6) is 2.32. The fraction of sp³-hybridized carbons (Fsp3) is 0.368. The van der Waals surface area contributed by atoms with Gasteiger partial charge in [0.1, 0.15) is 5.75 Å². The molecule has 6 nitrogen and oxygen atoms in total. The van der Waals surface area contributed by atoms with Crippen LogP contribution in [0, 0.1) is 0 Å². The van der Waals surface area contributed by atoms with Crippen LogP contribution in [0.1, 0.15) is 18.1 Å². The molecule has 0 bridgehead atoms. The molecular formula is C19H26N4O2. The van der Waals surface area contributed by atoms with E-state index < -0.39 is 0 Å². The predicted molar refractivity (Wildman–Crippen MR) is 100 cm³/mol. The summed E-state index contributed by atoms with van der Waals surface area (Å²) < 4.78 is 10.6. The van der Waals surface area contributed by atoms with E-state index in [1.165, 1.54) is 5.56 Å². The highest BCUT2D eigenvalue weighted by molar-refractivity contribution is 5.79. The first-order chi connectivity index (χ1) is 12.2. The molecule has 0 aliphatic rings. The number of pyridine rings is 1. The third-order valence-electron chi connectivity index (χ3n) is 3.69. The Labute approximate surface area is 149 Å². The van der Waals surface area contributed by atoms with E-state index in [9.17, 15) is 0 Å². The van der Waals surface area contributed by atoms with E-state index in [1.54, 1.807) is 20.4 Å². The first-order valence-electron chi connectivity index (χ1n) is 8.28. The number of methoxy groups -OCH3 is 1. The van der Waals surface area contributed by atoms with Gasteiger partial charge in [0.05, 0.1) is 13.7 Å². The van der Waals surface area contributed by atoms with Gasteiger partial charge in [-0.25, -0.2) is 4.98 Å². The van der Waals surface area contributed by atoms with Gasteiger partial charge >= 0.3 is 0 Å². The molecule has 6 heteroatoms. The number of ether oxygens (including phenoxy) is 2. The van der Waals surface area contributed by atoms with Crippen LogP contribution in [0.15, 0.2) is 47.6 Å². The number of nitrogens with one attached hydrogen (secondary N) is 1. The summed E-state index contributed by atoms with van der Waals surface area (Å²) in [6, 6.07) is 11.9. The molecule has 0 unspecified atom stereocenters. The highest BCUT2D eigenvalue weighted by atomic mass is 16.5. The number of guanidine groups is 1. The lowest BCUT2D eigenvalue weighted by Crippen LogP contribution is -2.38. The van der Waals surface area contributed by atoms with Gasteiger partial charge in [0.2, 0.25) is 5.88 Å². The van der Waals surface area contributed by atoms with Crippen LogP contribution in [0.4, 0.5) is 0 Å². The summed E-state index contributed by atoms with van der Waals surface area (Å²) in [5, 5.41) is 3.37. The summed E-state index contributed by atoms with van der Waals surface area (Å²) >= 11 is 0. The van der Waals surface area contributed by atoms with E-state index >= 15 is 0 Å². The van der Waals surface area contributed by atoms with Gasteiger partial charge in [0.15, 0.2) is 5.96 Å². The number of aliphatic imine (C=N–C) groups is 1. The molecule has 0 aliphatic heterocycles. The highest BCUT2D eigenvalue weighted by Gasteiger charge is 2.07. The first kappa shape index (κ1) is 18.6. The zero-order valence-corrected chi connectivity index (χ0v) is 15.3. The Balaban J connectivity index is 1.93. The maximum atomic E-state index is 5.44. The van der Waals surface area contributed by atoms with Gasteiger partial charge in [0.25, 0.3) is 0 Å². The van der Waals surface area contributed by atoms with Crippen molar-refractivity contribution in [2.45, 2.75) is 20.0 Å². The smallest absolute Gasteiger partial charge is 0.213 e. The number of hydrogen-bond donors (Lipinski definition) is 1. The van der Waals surface area contributed by atoms with Gasteiger partial charge in [-0.2, -0.15) is 0 Å². The Morgan fingerprint density at radius 3 is 2.60 bits per heavy atom. The molecule has 134 valence electrons. The summed E-state index contributed by atoms with van der Waals surface area (Å²) in [7, 11) is 5.46. The van der Waals surface area contributed by atoms with Gasteiger partial charge in [-0.1, -0.05) is 12.1 Å². The SMILES string of the molecule is CCOc1cc(CNC(=NC)N(C)Cc2ccc(OC)cc2)ccn1. The second-order valence-corrected chi connectivity index (χ2v) is 5.54. The van der Waals surface area contributed by atoms with Gasteiger partial charge in [-0.05, 0) is 36.2 Å². The molecule has 0 saturated heterocycles. The van der Waals surface area contributed by atoms with E-state index in [0.717, 1.165) is 23.8 Å². The Hall–Kier alpha value is -2.76. The average Bonchev–Trinajstić information content (AvgIpc) is 2.63. The monoisotopic (exact) mass is 342 g/mol. The van der Waals surface area contributed by atoms with Crippen molar-refractivity contribution in [1.29, 1.82) is 0 Å². The number of nitrogens with zero attached hydrogens (tertiary/aromatic N) is 3. The van der Waals surface area contributed by atoms with Crippen molar-refractivity contribution < 1.29 is 9.47 Å². The second-order valence-electron chi connectivity index (χ2n) is 5.54. The van der Waals surface area contributed by atoms with Crippen LogP contribution in [0.2, 0.25) is 0 Å². The molecule has 1 aromatic carbocycles. The molecule has 0 amide bonds. The summed E-state index contributed by atoms with van der Waals surface area (Å²) in [6.45, 7) is 3.96. The van der Waals surface area contributed by atoms with E-state index in [1.807, 2.05) is 38.2 Å². The van der Waals surface area contributed by atoms with Crippen LogP contribution in [0.3, 0.4) is 0 Å². The third-order valence-corrected chi connectivity index (χ3v) is 3.69. The quantitative estimate of drug-likeness (QED) is 0.619. The average molecular weight is 342 g/mol. The van der Waals surface area contributed by atoms with Crippen LogP contribution in [-0.2, 0) is 13.1 Å². The van der Waals surface area contributed by atoms with E-state index in [2.05, 4.69) is 32.3 Å². The fourth-order valence-electron chi connectivity index (χ4n) is 2.43. The molecular weight excluding hydrogens is 316 g/mol. The van der Waals surface area contributed by atoms with Crippen molar-refractivity contribution >= 4 is 5.96 Å². The number of benzene rings is 1. The lowest BCUT2D eigenvalue weighted by molar-refractivity contribution is 0.326. The summed E-state index contributed by atoms with van der Waals surface area (Å²) in [6.07, 6.45) is 1.76. The largest absolute Gasteiger partial charge is 0.497 e. The molecule has 1 aromatic heterocycles. The zero-order chi connectivity index (χ0) is 18.1. The molecule has 0 saturated carbocycles. The van der Waals surface area contributed by atoms with E-state index in [-0.39, 0.29) is 0 Å². The van der Waals surface area contributed by atoms with Crippen molar-refractivity contribution in [1.82, 2.24) is 15.2 Å². The lowest BCUT2D eigenvalue weighted by atomic mass is 10.2. The van der Waals surface area contributed by atoms with Crippen molar-refractivity contribution in [3.8, 4) is 11.6 Å². The van der Waals surface area contributed by atoms with E-state index in [0.29, 0.717) is 19.0 Å². The third kappa shape index (κ3) is 5.67. The van der Waals surface area contributed by atoms with Crippen molar-refractivity contribution in [3.63, 3.8) is 0 Å². The molecule has 1 N–H and O–H groups in total. The predicted octanol–water partition coefficient (Wildman–Crippen LogP) is 2.70. The van der Waals surface area contributed by atoms with Crippen LogP contribution in [-0.4, -0.2) is 43.7 Å². The molecule has 2 aromatic rings. The number of hydrogen-bond acceptors (Lipinski definition) is 4. The Morgan fingerprint density at radius 1 is 1.20 bits per heavy atom. The van der Waals surface area contributed by atoms with Crippen LogP contribution < -0.4 is 14.8 Å². The summed E-state index contributed by atoms with van der Waals surface area (Å²) in [4.78, 5) is 10.6. The van der Waals surface area contributed by atoms with Crippen LogP contribution >= 0.6 is 0 Å². The Kier molecular flexibility index (Phi) is 7.07. The van der Waals surface area contributed by atoms with Gasteiger partial charge in [-0.15, -0.1) is 0 Å². The minimum Gasteiger partial charge on any atom is -0.497 e. The van der Waals surface area contributed by atoms with Crippen molar-refractivity contribution in [3.05, 3.63) is 53.7 Å². The molecule has 0 radical (unpaired) electrons. The van der Waals surface area contributed by atoms with Crippen molar-refractivity contribution in [2.24, 2.45) is 4.99 Å². The molecule has 1 heterocycles. The molecule has 25 heavy (non-hydrogen) atoms. The molecule has 0 aliphatic carbocycles. The van der Waals surface area contributed by atoms with Crippen LogP contribution in [0.5, 0.6) is 11.6 Å². The normalized spacial score (nSPS) is 11.1. The minimum atomic E-state index is 0.607. The number of aromatic nitrogens is 1. The first-order valence-corrected chi connectivity index (χ1v) is 8.28. The van der Waals surface area contributed by atoms with Crippen LogP contribution in [0.25, 0.3) is 0 Å². The molecule has 0 fully saturated rings. The van der Waals surface area contributed by atoms with Gasteiger partial charge < -0.3 is 19.7 Å². The maximum Gasteiger partial charge on any atom is 0.213 e. The highest BCUT2D eigenvalue weighted by Crippen LogP contribution is 2.13. The minimum absolute atomic E-state index is 0.607. The molecule has 0 spiro atoms.